The van der Waals surface area contributed by atoms with Crippen LogP contribution in [0.5, 0.6) is 0 Å². The van der Waals surface area contributed by atoms with E-state index in [1.807, 2.05) is 6.92 Å². The smallest absolute Gasteiger partial charge is 0.307 e. The van der Waals surface area contributed by atoms with Crippen molar-refractivity contribution in [1.29, 1.82) is 0 Å². The molecule has 1 aromatic carbocycles. The van der Waals surface area contributed by atoms with Gasteiger partial charge in [-0.1, -0.05) is 17.7 Å². The highest BCUT2D eigenvalue weighted by Crippen LogP contribution is 2.34. The Morgan fingerprint density at radius 3 is 2.26 bits per heavy atom. The van der Waals surface area contributed by atoms with Gasteiger partial charge in [0.15, 0.2) is 0 Å². The molecule has 2 unspecified atom stereocenters. The molecule has 1 aliphatic carbocycles. The summed E-state index contributed by atoms with van der Waals surface area (Å²) < 4.78 is 26.5. The van der Waals surface area contributed by atoms with Crippen molar-refractivity contribution in [3.05, 3.63) is 29.8 Å². The number of aliphatic carboxylic acids is 1. The molecule has 0 aliphatic heterocycles. The average molecular weight is 340 g/mol. The first kappa shape index (κ1) is 17.4. The zero-order chi connectivity index (χ0) is 17.0. The number of hydrogen-bond donors (Lipinski definition) is 3. The van der Waals surface area contributed by atoms with Crippen LogP contribution in [0.2, 0.25) is 0 Å². The van der Waals surface area contributed by atoms with E-state index in [4.69, 9.17) is 5.11 Å². The molecule has 23 heavy (non-hydrogen) atoms. The molecule has 0 saturated heterocycles. The summed E-state index contributed by atoms with van der Waals surface area (Å²) in [6.07, 6.45) is 1.06. The third-order valence-electron chi connectivity index (χ3n) is 3.98. The molecule has 0 heterocycles. The summed E-state index contributed by atoms with van der Waals surface area (Å²) in [5, 5.41) is 11.5. The summed E-state index contributed by atoms with van der Waals surface area (Å²) in [5.41, 5.74) is 0.963. The number of carbonyl (C=O) groups is 2. The van der Waals surface area contributed by atoms with Gasteiger partial charge in [-0.05, 0) is 31.9 Å². The maximum Gasteiger partial charge on any atom is 0.307 e. The molecule has 3 N–H and O–H groups in total. The summed E-state index contributed by atoms with van der Waals surface area (Å²) in [4.78, 5) is 22.9. The van der Waals surface area contributed by atoms with Crippen LogP contribution in [-0.4, -0.2) is 38.5 Å². The van der Waals surface area contributed by atoms with Crippen LogP contribution in [0.15, 0.2) is 29.2 Å². The van der Waals surface area contributed by atoms with Gasteiger partial charge in [0.05, 0.1) is 16.7 Å². The standard InChI is InChI=1S/C15H20N2O5S/c1-10-2-4-11(5-3-10)23(21,22)17-9-8-16-14(18)12-6-7-13(12)15(19)20/h2-5,12-13,17H,6-9H2,1H3,(H,16,18)(H,19,20). The Morgan fingerprint density at radius 1 is 1.13 bits per heavy atom. The molecule has 0 bridgehead atoms. The summed E-state index contributed by atoms with van der Waals surface area (Å²) >= 11 is 0. The van der Waals surface area contributed by atoms with E-state index in [1.165, 1.54) is 12.1 Å². The SMILES string of the molecule is Cc1ccc(S(=O)(=O)NCCNC(=O)C2CCC2C(=O)O)cc1. The molecule has 126 valence electrons. The van der Waals surface area contributed by atoms with E-state index >= 15 is 0 Å². The van der Waals surface area contributed by atoms with E-state index in [0.717, 1.165) is 5.56 Å². The molecule has 1 aromatic rings. The molecule has 7 nitrogen and oxygen atoms in total. The second-order valence-corrected chi connectivity index (χ2v) is 7.40. The number of carboxylic acids is 1. The topological polar surface area (TPSA) is 113 Å². The molecule has 0 spiro atoms. The van der Waals surface area contributed by atoms with E-state index in [9.17, 15) is 18.0 Å². The van der Waals surface area contributed by atoms with Crippen molar-refractivity contribution in [3.8, 4) is 0 Å². The molecule has 0 aromatic heterocycles. The Balaban J connectivity index is 1.78. The average Bonchev–Trinajstić information content (AvgIpc) is 2.42. The number of benzene rings is 1. The minimum absolute atomic E-state index is 0.0480. The maximum atomic E-state index is 12.0. The summed E-state index contributed by atoms with van der Waals surface area (Å²) in [7, 11) is -3.61. The van der Waals surface area contributed by atoms with Crippen LogP contribution in [0.3, 0.4) is 0 Å². The predicted molar refractivity (Wildman–Crippen MR) is 83.2 cm³/mol. The largest absolute Gasteiger partial charge is 0.481 e. The molecule has 1 saturated carbocycles. The highest BCUT2D eigenvalue weighted by Gasteiger charge is 2.41. The fraction of sp³-hybridized carbons (Fsp3) is 0.467. The predicted octanol–water partition coefficient (Wildman–Crippen LogP) is 0.500. The van der Waals surface area contributed by atoms with Crippen molar-refractivity contribution in [2.24, 2.45) is 11.8 Å². The van der Waals surface area contributed by atoms with Gasteiger partial charge in [-0.15, -0.1) is 0 Å². The van der Waals surface area contributed by atoms with Gasteiger partial charge in [-0.25, -0.2) is 13.1 Å². The van der Waals surface area contributed by atoms with Crippen LogP contribution in [-0.2, 0) is 19.6 Å². The minimum atomic E-state index is -3.61. The third kappa shape index (κ3) is 4.29. The van der Waals surface area contributed by atoms with Gasteiger partial charge in [-0.2, -0.15) is 0 Å². The zero-order valence-corrected chi connectivity index (χ0v) is 13.6. The van der Waals surface area contributed by atoms with Crippen LogP contribution in [0.4, 0.5) is 0 Å². The highest BCUT2D eigenvalue weighted by atomic mass is 32.2. The van der Waals surface area contributed by atoms with Crippen molar-refractivity contribution in [3.63, 3.8) is 0 Å². The van der Waals surface area contributed by atoms with Crippen LogP contribution < -0.4 is 10.0 Å². The van der Waals surface area contributed by atoms with Crippen molar-refractivity contribution in [2.75, 3.05) is 13.1 Å². The second-order valence-electron chi connectivity index (χ2n) is 5.63. The molecule has 2 rings (SSSR count). The van der Waals surface area contributed by atoms with Crippen LogP contribution in [0.1, 0.15) is 18.4 Å². The van der Waals surface area contributed by atoms with Crippen LogP contribution >= 0.6 is 0 Å². The van der Waals surface area contributed by atoms with Gasteiger partial charge in [0.25, 0.3) is 0 Å². The number of carbonyl (C=O) groups excluding carboxylic acids is 1. The van der Waals surface area contributed by atoms with Gasteiger partial charge >= 0.3 is 5.97 Å². The number of rotatable bonds is 7. The Hall–Kier alpha value is -1.93. The Kier molecular flexibility index (Phi) is 5.38. The van der Waals surface area contributed by atoms with Crippen molar-refractivity contribution in [1.82, 2.24) is 10.0 Å². The molecular formula is C15H20N2O5S. The first-order chi connectivity index (χ1) is 10.8. The van der Waals surface area contributed by atoms with Gasteiger partial charge in [-0.3, -0.25) is 9.59 Å². The van der Waals surface area contributed by atoms with Crippen molar-refractivity contribution in [2.45, 2.75) is 24.7 Å². The molecule has 1 amide bonds. The Bertz CT molecular complexity index is 684. The first-order valence-electron chi connectivity index (χ1n) is 7.38. The number of nitrogens with one attached hydrogen (secondary N) is 2. The molecule has 1 fully saturated rings. The number of carboxylic acid groups (broad SMARTS) is 1. The first-order valence-corrected chi connectivity index (χ1v) is 8.86. The van der Waals surface area contributed by atoms with Crippen LogP contribution in [0, 0.1) is 18.8 Å². The Labute approximate surface area is 135 Å². The maximum absolute atomic E-state index is 12.0. The lowest BCUT2D eigenvalue weighted by molar-refractivity contribution is -0.152. The van der Waals surface area contributed by atoms with E-state index in [2.05, 4.69) is 10.0 Å². The number of hydrogen-bond acceptors (Lipinski definition) is 4. The fourth-order valence-corrected chi connectivity index (χ4v) is 3.44. The van der Waals surface area contributed by atoms with Gasteiger partial charge in [0.2, 0.25) is 15.9 Å². The van der Waals surface area contributed by atoms with Crippen LogP contribution in [0.25, 0.3) is 0 Å². The molecular weight excluding hydrogens is 320 g/mol. The summed E-state index contributed by atoms with van der Waals surface area (Å²) in [6.45, 7) is 2.03. The molecule has 1 aliphatic rings. The number of aryl methyl sites for hydroxylation is 1. The zero-order valence-electron chi connectivity index (χ0n) is 12.8. The van der Waals surface area contributed by atoms with Gasteiger partial charge in [0.1, 0.15) is 0 Å². The monoisotopic (exact) mass is 340 g/mol. The molecule has 2 atom stereocenters. The van der Waals surface area contributed by atoms with E-state index in [0.29, 0.717) is 12.8 Å². The van der Waals surface area contributed by atoms with Crippen molar-refractivity contribution < 1.29 is 23.1 Å². The van der Waals surface area contributed by atoms with E-state index in [1.54, 1.807) is 12.1 Å². The fourth-order valence-electron chi connectivity index (χ4n) is 2.41. The minimum Gasteiger partial charge on any atom is -0.481 e. The van der Waals surface area contributed by atoms with E-state index in [-0.39, 0.29) is 23.9 Å². The lowest BCUT2D eigenvalue weighted by Gasteiger charge is -2.31. The van der Waals surface area contributed by atoms with E-state index < -0.39 is 27.8 Å². The lowest BCUT2D eigenvalue weighted by Crippen LogP contribution is -2.45. The van der Waals surface area contributed by atoms with Gasteiger partial charge < -0.3 is 10.4 Å². The Morgan fingerprint density at radius 2 is 1.74 bits per heavy atom. The quantitative estimate of drug-likeness (QED) is 0.626. The number of sulfonamides is 1. The van der Waals surface area contributed by atoms with Gasteiger partial charge in [0, 0.05) is 13.1 Å². The molecule has 0 radical (unpaired) electrons. The normalized spacial score (nSPS) is 20.6. The lowest BCUT2D eigenvalue weighted by atomic mass is 9.73. The molecule has 8 heteroatoms. The van der Waals surface area contributed by atoms with Crippen molar-refractivity contribution >= 4 is 21.9 Å². The number of amides is 1. The highest BCUT2D eigenvalue weighted by molar-refractivity contribution is 7.89. The summed E-state index contributed by atoms with van der Waals surface area (Å²) in [5.74, 6) is -2.44. The second kappa shape index (κ2) is 7.10. The summed E-state index contributed by atoms with van der Waals surface area (Å²) in [6, 6.07) is 6.45. The third-order valence-corrected chi connectivity index (χ3v) is 5.45.